The van der Waals surface area contributed by atoms with Crippen molar-refractivity contribution in [2.45, 2.75) is 19.1 Å². The Kier molecular flexibility index (Phi) is 4.62. The van der Waals surface area contributed by atoms with Gasteiger partial charge in [-0.1, -0.05) is 23.2 Å². The Bertz CT molecular complexity index is 725. The summed E-state index contributed by atoms with van der Waals surface area (Å²) >= 11 is 11.4. The van der Waals surface area contributed by atoms with Crippen molar-refractivity contribution in [1.29, 1.82) is 0 Å². The quantitative estimate of drug-likeness (QED) is 0.886. The number of halogens is 5. The second-order valence-corrected chi connectivity index (χ2v) is 4.97. The van der Waals surface area contributed by atoms with Gasteiger partial charge in [-0.15, -0.1) is 0 Å². The summed E-state index contributed by atoms with van der Waals surface area (Å²) in [5.41, 5.74) is 0.675. The minimum atomic E-state index is -4.56. The number of fused-ring (bicyclic) bond motifs is 1. The Balaban J connectivity index is 2.15. The highest BCUT2D eigenvalue weighted by molar-refractivity contribution is 6.40. The first-order valence-corrected chi connectivity index (χ1v) is 6.60. The van der Waals surface area contributed by atoms with Gasteiger partial charge in [-0.3, -0.25) is 0 Å². The molecule has 0 saturated heterocycles. The van der Waals surface area contributed by atoms with Crippen LogP contribution < -0.4 is 10.1 Å². The summed E-state index contributed by atoms with van der Waals surface area (Å²) in [5, 5.41) is 1.64. The van der Waals surface area contributed by atoms with E-state index in [1.54, 1.807) is 5.32 Å². The van der Waals surface area contributed by atoms with Gasteiger partial charge in [0, 0.05) is 6.07 Å². The molecule has 1 amide bonds. The normalized spacial score (nSPS) is 13.0. The van der Waals surface area contributed by atoms with Gasteiger partial charge in [0.05, 0.1) is 11.0 Å². The lowest BCUT2D eigenvalue weighted by Gasteiger charge is -2.16. The van der Waals surface area contributed by atoms with E-state index in [-0.39, 0.29) is 21.6 Å². The van der Waals surface area contributed by atoms with Crippen molar-refractivity contribution in [3.63, 3.8) is 0 Å². The summed E-state index contributed by atoms with van der Waals surface area (Å²) < 4.78 is 41.7. The summed E-state index contributed by atoms with van der Waals surface area (Å²) in [4.78, 5) is 19.3. The molecule has 5 nitrogen and oxygen atoms in total. The molecule has 1 heterocycles. The maximum absolute atomic E-state index is 12.3. The predicted molar refractivity (Wildman–Crippen MR) is 74.2 cm³/mol. The first-order chi connectivity index (χ1) is 10.2. The van der Waals surface area contributed by atoms with Crippen molar-refractivity contribution in [3.05, 3.63) is 28.5 Å². The number of carbonyl (C=O) groups is 1. The predicted octanol–water partition coefficient (Wildman–Crippen LogP) is 3.98. The van der Waals surface area contributed by atoms with Crippen molar-refractivity contribution in [3.8, 4) is 5.75 Å². The molecule has 0 aliphatic carbocycles. The minimum Gasteiger partial charge on any atom is -0.410 e. The summed E-state index contributed by atoms with van der Waals surface area (Å²) in [6, 6.07) is 2.07. The number of amides is 1. The van der Waals surface area contributed by atoms with Gasteiger partial charge >= 0.3 is 12.3 Å². The Morgan fingerprint density at radius 3 is 2.41 bits per heavy atom. The highest BCUT2D eigenvalue weighted by Crippen LogP contribution is 2.24. The molecule has 1 N–H and O–H groups in total. The lowest BCUT2D eigenvalue weighted by Crippen LogP contribution is -2.44. The van der Waals surface area contributed by atoms with Crippen molar-refractivity contribution >= 4 is 40.3 Å². The van der Waals surface area contributed by atoms with Gasteiger partial charge in [0.15, 0.2) is 10.3 Å². The molecule has 0 spiro atoms. The van der Waals surface area contributed by atoms with E-state index in [4.69, 9.17) is 27.9 Å². The molecule has 22 heavy (non-hydrogen) atoms. The van der Waals surface area contributed by atoms with Crippen molar-refractivity contribution in [1.82, 2.24) is 15.3 Å². The molecule has 118 valence electrons. The zero-order valence-corrected chi connectivity index (χ0v) is 12.4. The van der Waals surface area contributed by atoms with Crippen LogP contribution in [0.1, 0.15) is 6.92 Å². The van der Waals surface area contributed by atoms with Crippen LogP contribution >= 0.6 is 23.2 Å². The molecule has 0 radical (unpaired) electrons. The standard InChI is InChI=1S/C12H8Cl2F3N3O2/c1-5(12(15,16)17)18-11(21)22-6-2-3-7-8(4-6)20-10(14)9(13)19-7/h2-5H,1H3,(H,18,21). The number of aromatic nitrogens is 2. The first-order valence-electron chi connectivity index (χ1n) is 5.84. The van der Waals surface area contributed by atoms with Gasteiger partial charge in [0.2, 0.25) is 0 Å². The smallest absolute Gasteiger partial charge is 0.410 e. The van der Waals surface area contributed by atoms with Crippen LogP contribution in [-0.2, 0) is 0 Å². The van der Waals surface area contributed by atoms with E-state index >= 15 is 0 Å². The average Bonchev–Trinajstić information content (AvgIpc) is 2.39. The number of nitrogens with zero attached hydrogens (tertiary/aromatic N) is 2. The van der Waals surface area contributed by atoms with Crippen LogP contribution in [-0.4, -0.2) is 28.3 Å². The van der Waals surface area contributed by atoms with Crippen LogP contribution in [0.15, 0.2) is 18.2 Å². The maximum atomic E-state index is 12.3. The first kappa shape index (κ1) is 16.6. The fourth-order valence-electron chi connectivity index (χ4n) is 1.45. The largest absolute Gasteiger partial charge is 0.413 e. The van der Waals surface area contributed by atoms with Crippen LogP contribution in [0, 0.1) is 0 Å². The second kappa shape index (κ2) is 6.13. The molecular formula is C12H8Cl2F3N3O2. The summed E-state index contributed by atoms with van der Waals surface area (Å²) in [5.74, 6) is -0.00735. The summed E-state index contributed by atoms with van der Waals surface area (Å²) in [6.07, 6.45) is -5.80. The third-order valence-corrected chi connectivity index (χ3v) is 3.21. The number of nitrogens with one attached hydrogen (secondary N) is 1. The molecular weight excluding hydrogens is 346 g/mol. The fraction of sp³-hybridized carbons (Fsp3) is 0.250. The Hall–Kier alpha value is -1.80. The molecule has 1 aromatic heterocycles. The lowest BCUT2D eigenvalue weighted by molar-refractivity contribution is -0.149. The average molecular weight is 354 g/mol. The zero-order valence-electron chi connectivity index (χ0n) is 10.9. The van der Waals surface area contributed by atoms with Gasteiger partial charge < -0.3 is 10.1 Å². The molecule has 1 aromatic carbocycles. The lowest BCUT2D eigenvalue weighted by atomic mass is 10.3. The molecule has 2 aromatic rings. The van der Waals surface area contributed by atoms with E-state index in [0.29, 0.717) is 5.52 Å². The van der Waals surface area contributed by atoms with Crippen LogP contribution in [0.3, 0.4) is 0 Å². The molecule has 1 unspecified atom stereocenters. The Morgan fingerprint density at radius 2 is 1.82 bits per heavy atom. The maximum Gasteiger partial charge on any atom is 0.413 e. The highest BCUT2D eigenvalue weighted by Gasteiger charge is 2.37. The minimum absolute atomic E-state index is 0.00735. The van der Waals surface area contributed by atoms with Crippen molar-refractivity contribution in [2.24, 2.45) is 0 Å². The number of benzene rings is 1. The van der Waals surface area contributed by atoms with E-state index in [2.05, 4.69) is 9.97 Å². The Morgan fingerprint density at radius 1 is 1.23 bits per heavy atom. The third kappa shape index (κ3) is 3.89. The second-order valence-electron chi connectivity index (χ2n) is 4.25. The SMILES string of the molecule is CC(NC(=O)Oc1ccc2nc(Cl)c(Cl)nc2c1)C(F)(F)F. The van der Waals surface area contributed by atoms with Crippen LogP contribution in [0.25, 0.3) is 11.0 Å². The van der Waals surface area contributed by atoms with Crippen molar-refractivity contribution < 1.29 is 22.7 Å². The molecule has 0 saturated carbocycles. The van der Waals surface area contributed by atoms with E-state index in [1.165, 1.54) is 18.2 Å². The van der Waals surface area contributed by atoms with Crippen LogP contribution in [0.4, 0.5) is 18.0 Å². The molecule has 0 aliphatic rings. The molecule has 0 fully saturated rings. The highest BCUT2D eigenvalue weighted by atomic mass is 35.5. The number of carbonyl (C=O) groups excluding carboxylic acids is 1. The summed E-state index contributed by atoms with van der Waals surface area (Å²) in [6.45, 7) is 0.800. The van der Waals surface area contributed by atoms with Gasteiger partial charge in [0.1, 0.15) is 11.8 Å². The Labute approximate surface area is 132 Å². The fourth-order valence-corrected chi connectivity index (χ4v) is 1.72. The number of hydrogen-bond acceptors (Lipinski definition) is 4. The van der Waals surface area contributed by atoms with Gasteiger partial charge in [-0.05, 0) is 19.1 Å². The third-order valence-electron chi connectivity index (χ3n) is 2.59. The topological polar surface area (TPSA) is 64.1 Å². The van der Waals surface area contributed by atoms with E-state index < -0.39 is 18.3 Å². The number of rotatable bonds is 2. The van der Waals surface area contributed by atoms with Gasteiger partial charge in [-0.2, -0.15) is 13.2 Å². The van der Waals surface area contributed by atoms with Crippen LogP contribution in [0.5, 0.6) is 5.75 Å². The summed E-state index contributed by atoms with van der Waals surface area (Å²) in [7, 11) is 0. The molecule has 0 aliphatic heterocycles. The van der Waals surface area contributed by atoms with E-state index in [0.717, 1.165) is 6.92 Å². The molecule has 10 heteroatoms. The van der Waals surface area contributed by atoms with Crippen molar-refractivity contribution in [2.75, 3.05) is 0 Å². The molecule has 2 rings (SSSR count). The monoisotopic (exact) mass is 353 g/mol. The number of ether oxygens (including phenoxy) is 1. The molecule has 0 bridgehead atoms. The molecule has 1 atom stereocenters. The number of alkyl halides is 3. The van der Waals surface area contributed by atoms with Crippen LogP contribution in [0.2, 0.25) is 10.3 Å². The number of hydrogen-bond donors (Lipinski definition) is 1. The van der Waals surface area contributed by atoms with Gasteiger partial charge in [0.25, 0.3) is 0 Å². The van der Waals surface area contributed by atoms with E-state index in [1.807, 2.05) is 0 Å². The zero-order chi connectivity index (χ0) is 16.5. The van der Waals surface area contributed by atoms with E-state index in [9.17, 15) is 18.0 Å². The van der Waals surface area contributed by atoms with Gasteiger partial charge in [-0.25, -0.2) is 14.8 Å².